The first kappa shape index (κ1) is 11.3. The van der Waals surface area contributed by atoms with Crippen LogP contribution in [0, 0.1) is 0 Å². The van der Waals surface area contributed by atoms with Gasteiger partial charge in [-0.05, 0) is 6.07 Å². The Morgan fingerprint density at radius 1 is 1.50 bits per heavy atom. The Hall–Kier alpha value is -1.19. The van der Waals surface area contributed by atoms with E-state index in [0.717, 1.165) is 17.8 Å². The van der Waals surface area contributed by atoms with Gasteiger partial charge in [-0.3, -0.25) is 4.98 Å². The lowest BCUT2D eigenvalue weighted by Gasteiger charge is -2.18. The van der Waals surface area contributed by atoms with E-state index in [0.29, 0.717) is 0 Å². The molecular weight excluding hydrogens is 210 g/mol. The first-order valence-corrected chi connectivity index (χ1v) is 5.49. The minimum Gasteiger partial charge on any atom is -0.384 e. The molecule has 0 unspecified atom stereocenters. The first-order valence-electron chi connectivity index (χ1n) is 5.49. The van der Waals surface area contributed by atoms with Gasteiger partial charge in [0.15, 0.2) is 0 Å². The molecule has 1 aromatic rings. The Labute approximate surface area is 94.1 Å². The average molecular weight is 226 g/mol. The van der Waals surface area contributed by atoms with Crippen molar-refractivity contribution in [3.05, 3.63) is 23.5 Å². The highest BCUT2D eigenvalue weighted by Crippen LogP contribution is 2.39. The number of aromatic nitrogens is 1. The number of pyridine rings is 1. The normalized spacial score (nSPS) is 18.1. The molecule has 2 nitrogen and oxygen atoms in total. The molecule has 0 aliphatic carbocycles. The van der Waals surface area contributed by atoms with Gasteiger partial charge in [0, 0.05) is 35.8 Å². The number of alkyl halides is 2. The second-order valence-corrected chi connectivity index (χ2v) is 4.91. The average Bonchev–Trinajstić information content (AvgIpc) is 2.55. The number of halogens is 2. The van der Waals surface area contributed by atoms with Crippen LogP contribution in [0.1, 0.15) is 38.4 Å². The fourth-order valence-electron chi connectivity index (χ4n) is 1.93. The quantitative estimate of drug-likeness (QED) is 0.837. The Kier molecular flexibility index (Phi) is 2.40. The molecule has 0 bridgehead atoms. The molecule has 0 aromatic carbocycles. The largest absolute Gasteiger partial charge is 0.384 e. The fraction of sp³-hybridized carbons (Fsp3) is 0.583. The monoisotopic (exact) mass is 226 g/mol. The summed E-state index contributed by atoms with van der Waals surface area (Å²) in [6.07, 6.45) is 1.36. The Balaban J connectivity index is 2.43. The summed E-state index contributed by atoms with van der Waals surface area (Å²) < 4.78 is 26.9. The van der Waals surface area contributed by atoms with E-state index in [1.807, 2.05) is 0 Å². The smallest absolute Gasteiger partial charge is 0.289 e. The third-order valence-electron chi connectivity index (χ3n) is 3.17. The van der Waals surface area contributed by atoms with Crippen molar-refractivity contribution in [3.63, 3.8) is 0 Å². The second-order valence-electron chi connectivity index (χ2n) is 4.91. The highest BCUT2D eigenvalue weighted by Gasteiger charge is 2.35. The molecule has 4 heteroatoms. The zero-order valence-corrected chi connectivity index (χ0v) is 9.77. The van der Waals surface area contributed by atoms with Crippen molar-refractivity contribution in [2.75, 3.05) is 11.9 Å². The summed E-state index contributed by atoms with van der Waals surface area (Å²) in [6.45, 7) is 6.38. The van der Waals surface area contributed by atoms with E-state index < -0.39 is 5.92 Å². The molecular formula is C12H16F2N2. The van der Waals surface area contributed by atoms with Gasteiger partial charge in [-0.1, -0.05) is 20.8 Å². The molecule has 1 aliphatic rings. The van der Waals surface area contributed by atoms with Crippen LogP contribution < -0.4 is 5.32 Å². The summed E-state index contributed by atoms with van der Waals surface area (Å²) in [6, 6.07) is 1.48. The molecule has 0 radical (unpaired) electrons. The van der Waals surface area contributed by atoms with Crippen molar-refractivity contribution in [2.45, 2.75) is 38.5 Å². The summed E-state index contributed by atoms with van der Waals surface area (Å²) >= 11 is 0. The van der Waals surface area contributed by atoms with E-state index in [-0.39, 0.29) is 17.5 Å². The van der Waals surface area contributed by atoms with Crippen molar-refractivity contribution in [1.29, 1.82) is 0 Å². The molecule has 0 atom stereocenters. The van der Waals surface area contributed by atoms with Crippen LogP contribution >= 0.6 is 0 Å². The molecule has 2 heterocycles. The Morgan fingerprint density at radius 2 is 2.19 bits per heavy atom. The van der Waals surface area contributed by atoms with E-state index in [1.165, 1.54) is 13.0 Å². The van der Waals surface area contributed by atoms with Crippen LogP contribution in [0.3, 0.4) is 0 Å². The van der Waals surface area contributed by atoms with Crippen molar-refractivity contribution >= 4 is 5.69 Å². The van der Waals surface area contributed by atoms with Gasteiger partial charge >= 0.3 is 0 Å². The standard InChI is InChI=1S/C12H16F2N2/c1-4-12(13,14)10-5-9-8(6-15-10)11(2,3)7-16-9/h5-6,16H,4,7H2,1-3H3. The van der Waals surface area contributed by atoms with Gasteiger partial charge in [0.05, 0.1) is 0 Å². The van der Waals surface area contributed by atoms with Crippen LogP contribution in [-0.2, 0) is 11.3 Å². The molecule has 1 aliphatic heterocycles. The number of rotatable bonds is 2. The SMILES string of the molecule is CCC(F)(F)c1cc2c(cn1)C(C)(C)CN2. The Bertz CT molecular complexity index is 413. The van der Waals surface area contributed by atoms with Crippen molar-refractivity contribution in [3.8, 4) is 0 Å². The number of hydrogen-bond acceptors (Lipinski definition) is 2. The maximum Gasteiger partial charge on any atom is 0.289 e. The van der Waals surface area contributed by atoms with Crippen molar-refractivity contribution in [1.82, 2.24) is 4.98 Å². The maximum absolute atomic E-state index is 13.5. The third kappa shape index (κ3) is 1.66. The van der Waals surface area contributed by atoms with E-state index in [4.69, 9.17) is 0 Å². The highest BCUT2D eigenvalue weighted by molar-refractivity contribution is 5.59. The lowest BCUT2D eigenvalue weighted by Crippen LogP contribution is -2.19. The van der Waals surface area contributed by atoms with Crippen molar-refractivity contribution < 1.29 is 8.78 Å². The first-order chi connectivity index (χ1) is 7.37. The van der Waals surface area contributed by atoms with Crippen LogP contribution in [0.2, 0.25) is 0 Å². The van der Waals surface area contributed by atoms with E-state index in [2.05, 4.69) is 24.1 Å². The van der Waals surface area contributed by atoms with Gasteiger partial charge in [-0.25, -0.2) is 0 Å². The van der Waals surface area contributed by atoms with E-state index in [9.17, 15) is 8.78 Å². The number of nitrogens with zero attached hydrogens (tertiary/aromatic N) is 1. The van der Waals surface area contributed by atoms with Gasteiger partial charge in [-0.2, -0.15) is 8.78 Å². The predicted octanol–water partition coefficient (Wildman–Crippen LogP) is 3.29. The summed E-state index contributed by atoms with van der Waals surface area (Å²) in [5.74, 6) is -2.83. The fourth-order valence-corrected chi connectivity index (χ4v) is 1.93. The van der Waals surface area contributed by atoms with Crippen LogP contribution in [0.4, 0.5) is 14.5 Å². The van der Waals surface area contributed by atoms with Gasteiger partial charge in [-0.15, -0.1) is 0 Å². The molecule has 16 heavy (non-hydrogen) atoms. The van der Waals surface area contributed by atoms with Crippen LogP contribution in [-0.4, -0.2) is 11.5 Å². The highest BCUT2D eigenvalue weighted by atomic mass is 19.3. The molecule has 0 saturated heterocycles. The second kappa shape index (κ2) is 3.40. The molecule has 1 N–H and O–H groups in total. The van der Waals surface area contributed by atoms with E-state index in [1.54, 1.807) is 6.20 Å². The zero-order valence-electron chi connectivity index (χ0n) is 9.77. The topological polar surface area (TPSA) is 24.9 Å². The number of nitrogens with one attached hydrogen (secondary N) is 1. The summed E-state index contributed by atoms with van der Waals surface area (Å²) in [4.78, 5) is 3.90. The third-order valence-corrected chi connectivity index (χ3v) is 3.17. The predicted molar refractivity (Wildman–Crippen MR) is 59.9 cm³/mol. The van der Waals surface area contributed by atoms with E-state index >= 15 is 0 Å². The molecule has 2 rings (SSSR count). The van der Waals surface area contributed by atoms with Crippen LogP contribution in [0.25, 0.3) is 0 Å². The molecule has 0 fully saturated rings. The minimum atomic E-state index is -2.83. The molecule has 88 valence electrons. The van der Waals surface area contributed by atoms with Crippen LogP contribution in [0.5, 0.6) is 0 Å². The molecule has 0 spiro atoms. The summed E-state index contributed by atoms with van der Waals surface area (Å²) in [7, 11) is 0. The summed E-state index contributed by atoms with van der Waals surface area (Å²) in [5.41, 5.74) is 1.65. The molecule has 1 aromatic heterocycles. The van der Waals surface area contributed by atoms with Gasteiger partial charge in [0.2, 0.25) is 0 Å². The van der Waals surface area contributed by atoms with Crippen LogP contribution in [0.15, 0.2) is 12.3 Å². The van der Waals surface area contributed by atoms with Gasteiger partial charge in [0.1, 0.15) is 5.69 Å². The summed E-state index contributed by atoms with van der Waals surface area (Å²) in [5, 5.41) is 3.15. The lowest BCUT2D eigenvalue weighted by molar-refractivity contribution is -0.0127. The Morgan fingerprint density at radius 3 is 2.81 bits per heavy atom. The van der Waals surface area contributed by atoms with Gasteiger partial charge in [0.25, 0.3) is 5.92 Å². The van der Waals surface area contributed by atoms with Gasteiger partial charge < -0.3 is 5.32 Å². The number of anilines is 1. The zero-order chi connectivity index (χ0) is 12.0. The lowest BCUT2D eigenvalue weighted by atomic mass is 9.88. The molecule has 0 saturated carbocycles. The number of hydrogen-bond donors (Lipinski definition) is 1. The van der Waals surface area contributed by atoms with Crippen molar-refractivity contribution in [2.24, 2.45) is 0 Å². The minimum absolute atomic E-state index is 0.0254. The molecule has 0 amide bonds. The maximum atomic E-state index is 13.5. The number of fused-ring (bicyclic) bond motifs is 1.